The van der Waals surface area contributed by atoms with Gasteiger partial charge in [0.15, 0.2) is 5.11 Å². The Balaban J connectivity index is 2.21. The van der Waals surface area contributed by atoms with Crippen molar-refractivity contribution in [1.82, 2.24) is 20.1 Å². The van der Waals surface area contributed by atoms with E-state index in [1.54, 1.807) is 0 Å². The highest BCUT2D eigenvalue weighted by Crippen LogP contribution is 2.14. The lowest BCUT2D eigenvalue weighted by Crippen LogP contribution is -2.43. The number of unbranched alkanes of at least 4 members (excludes halogenated alkanes) is 1. The van der Waals surface area contributed by atoms with Crippen LogP contribution < -0.4 is 10.9 Å². The van der Waals surface area contributed by atoms with Crippen LogP contribution in [0.25, 0.3) is 10.9 Å². The number of nitrogens with one attached hydrogen (secondary N) is 2. The lowest BCUT2D eigenvalue weighted by atomic mass is 10.1. The fraction of sp³-hybridized carbons (Fsp3) is 0.500. The lowest BCUT2D eigenvalue weighted by Gasteiger charge is -2.27. The number of H-pyrrole nitrogens is 1. The number of nitrogens with zero attached hydrogens (tertiary/aromatic N) is 2. The number of fused-ring (bicyclic) bond motifs is 1. The minimum atomic E-state index is -0.0469. The summed E-state index contributed by atoms with van der Waals surface area (Å²) in [4.78, 5) is 19.7. The number of hydrogen-bond acceptors (Lipinski definition) is 3. The number of pyridine rings is 1. The minimum Gasteiger partial charge on any atom is -0.363 e. The van der Waals surface area contributed by atoms with Crippen molar-refractivity contribution in [2.24, 2.45) is 0 Å². The van der Waals surface area contributed by atoms with Gasteiger partial charge >= 0.3 is 0 Å². The Morgan fingerprint density at radius 1 is 1.23 bits per heavy atom. The van der Waals surface area contributed by atoms with E-state index in [0.717, 1.165) is 54.5 Å². The molecule has 0 atom stereocenters. The van der Waals surface area contributed by atoms with Crippen molar-refractivity contribution < 1.29 is 0 Å². The Labute approximate surface area is 161 Å². The highest BCUT2D eigenvalue weighted by atomic mass is 32.1. The summed E-state index contributed by atoms with van der Waals surface area (Å²) >= 11 is 5.58. The molecule has 1 aromatic heterocycles. The van der Waals surface area contributed by atoms with Gasteiger partial charge in [0.25, 0.3) is 5.56 Å². The highest BCUT2D eigenvalue weighted by molar-refractivity contribution is 7.80. The number of benzene rings is 1. The molecule has 0 amide bonds. The standard InChI is InChI=1S/C20H30N4OS/c1-5-6-9-21-20(26)24(11-10-23(3)4)14-17-13-16-8-7-15(2)12-18(16)22-19(17)25/h7-8,12-13H,5-6,9-11,14H2,1-4H3,(H,21,26)(H,22,25). The molecule has 5 nitrogen and oxygen atoms in total. The van der Waals surface area contributed by atoms with Crippen LogP contribution in [-0.2, 0) is 6.54 Å². The first-order valence-corrected chi connectivity index (χ1v) is 9.61. The van der Waals surface area contributed by atoms with Crippen LogP contribution in [0.5, 0.6) is 0 Å². The molecular formula is C20H30N4OS. The van der Waals surface area contributed by atoms with E-state index < -0.39 is 0 Å². The first kappa shape index (κ1) is 20.4. The molecular weight excluding hydrogens is 344 g/mol. The van der Waals surface area contributed by atoms with E-state index in [1.807, 2.05) is 39.2 Å². The molecule has 6 heteroatoms. The van der Waals surface area contributed by atoms with Crippen molar-refractivity contribution in [2.45, 2.75) is 33.2 Å². The SMILES string of the molecule is CCCCNC(=S)N(CCN(C)C)Cc1cc2ccc(C)cc2[nH]c1=O. The molecule has 0 aliphatic heterocycles. The summed E-state index contributed by atoms with van der Waals surface area (Å²) in [5.41, 5.74) is 2.70. The maximum absolute atomic E-state index is 12.5. The predicted molar refractivity (Wildman–Crippen MR) is 114 cm³/mol. The second kappa shape index (κ2) is 9.69. The molecule has 0 saturated heterocycles. The van der Waals surface area contributed by atoms with E-state index >= 15 is 0 Å². The quantitative estimate of drug-likeness (QED) is 0.550. The van der Waals surface area contributed by atoms with Gasteiger partial charge in [-0.1, -0.05) is 25.5 Å². The normalized spacial score (nSPS) is 11.1. The maximum Gasteiger partial charge on any atom is 0.253 e. The maximum atomic E-state index is 12.5. The zero-order chi connectivity index (χ0) is 19.1. The fourth-order valence-corrected chi connectivity index (χ4v) is 3.00. The van der Waals surface area contributed by atoms with Gasteiger partial charge in [0.1, 0.15) is 0 Å². The highest BCUT2D eigenvalue weighted by Gasteiger charge is 2.13. The van der Waals surface area contributed by atoms with E-state index in [0.29, 0.717) is 11.7 Å². The molecule has 142 valence electrons. The third-order valence-corrected chi connectivity index (χ3v) is 4.75. The van der Waals surface area contributed by atoms with Crippen LogP contribution >= 0.6 is 12.2 Å². The summed E-state index contributed by atoms with van der Waals surface area (Å²) in [7, 11) is 4.08. The smallest absolute Gasteiger partial charge is 0.253 e. The molecule has 0 bridgehead atoms. The molecule has 2 rings (SSSR count). The molecule has 1 heterocycles. The van der Waals surface area contributed by atoms with Crippen molar-refractivity contribution in [2.75, 3.05) is 33.7 Å². The van der Waals surface area contributed by atoms with Crippen LogP contribution in [0.4, 0.5) is 0 Å². The number of aryl methyl sites for hydroxylation is 1. The first-order chi connectivity index (χ1) is 12.4. The molecule has 0 unspecified atom stereocenters. The van der Waals surface area contributed by atoms with Crippen molar-refractivity contribution >= 4 is 28.2 Å². The van der Waals surface area contributed by atoms with Gasteiger partial charge in [-0.3, -0.25) is 4.79 Å². The van der Waals surface area contributed by atoms with Crippen LogP contribution in [0.3, 0.4) is 0 Å². The summed E-state index contributed by atoms with van der Waals surface area (Å²) in [5.74, 6) is 0. The van der Waals surface area contributed by atoms with Crippen LogP contribution in [0.1, 0.15) is 30.9 Å². The summed E-state index contributed by atoms with van der Waals surface area (Å²) in [5, 5.41) is 5.07. The predicted octanol–water partition coefficient (Wildman–Crippen LogP) is 2.87. The van der Waals surface area contributed by atoms with Gasteiger partial charge in [-0.05, 0) is 62.7 Å². The molecule has 0 fully saturated rings. The zero-order valence-electron chi connectivity index (χ0n) is 16.3. The average molecular weight is 375 g/mol. The molecule has 0 spiro atoms. The summed E-state index contributed by atoms with van der Waals surface area (Å²) in [6.07, 6.45) is 2.20. The Bertz CT molecular complexity index is 800. The van der Waals surface area contributed by atoms with Crippen LogP contribution in [0.15, 0.2) is 29.1 Å². The molecule has 0 aliphatic rings. The van der Waals surface area contributed by atoms with Gasteiger partial charge in [-0.15, -0.1) is 0 Å². The van der Waals surface area contributed by atoms with Crippen molar-refractivity contribution in [1.29, 1.82) is 0 Å². The second-order valence-corrected chi connectivity index (χ2v) is 7.41. The van der Waals surface area contributed by atoms with Gasteiger partial charge in [0.2, 0.25) is 0 Å². The third-order valence-electron chi connectivity index (χ3n) is 4.35. The zero-order valence-corrected chi connectivity index (χ0v) is 17.1. The monoisotopic (exact) mass is 374 g/mol. The Kier molecular flexibility index (Phi) is 7.60. The molecule has 0 aliphatic carbocycles. The van der Waals surface area contributed by atoms with Gasteiger partial charge in [-0.2, -0.15) is 0 Å². The number of aromatic amines is 1. The number of rotatable bonds is 8. The fourth-order valence-electron chi connectivity index (χ4n) is 2.74. The van der Waals surface area contributed by atoms with E-state index in [4.69, 9.17) is 12.2 Å². The topological polar surface area (TPSA) is 51.4 Å². The number of aromatic nitrogens is 1. The summed E-state index contributed by atoms with van der Waals surface area (Å²) in [6, 6.07) is 8.09. The second-order valence-electron chi connectivity index (χ2n) is 7.02. The molecule has 0 saturated carbocycles. The van der Waals surface area contributed by atoms with Crippen LogP contribution in [0, 0.1) is 6.92 Å². The minimum absolute atomic E-state index is 0.0469. The Morgan fingerprint density at radius 2 is 2.00 bits per heavy atom. The third kappa shape index (κ3) is 5.81. The molecule has 1 aromatic carbocycles. The van der Waals surface area contributed by atoms with Gasteiger partial charge in [0, 0.05) is 30.7 Å². The van der Waals surface area contributed by atoms with Crippen LogP contribution in [0.2, 0.25) is 0 Å². The summed E-state index contributed by atoms with van der Waals surface area (Å²) in [6.45, 7) is 7.20. The van der Waals surface area contributed by atoms with E-state index in [-0.39, 0.29) is 5.56 Å². The average Bonchev–Trinajstić information content (AvgIpc) is 2.58. The number of likely N-dealkylation sites (N-methyl/N-ethyl adjacent to an activating group) is 1. The van der Waals surface area contributed by atoms with Crippen molar-refractivity contribution in [3.8, 4) is 0 Å². The van der Waals surface area contributed by atoms with E-state index in [1.165, 1.54) is 0 Å². The van der Waals surface area contributed by atoms with E-state index in [9.17, 15) is 4.79 Å². The van der Waals surface area contributed by atoms with Crippen molar-refractivity contribution in [3.63, 3.8) is 0 Å². The number of thiocarbonyl (C=S) groups is 1. The first-order valence-electron chi connectivity index (χ1n) is 9.20. The molecule has 26 heavy (non-hydrogen) atoms. The molecule has 2 aromatic rings. The van der Waals surface area contributed by atoms with Crippen LogP contribution in [-0.4, -0.2) is 53.6 Å². The Hall–Kier alpha value is -1.92. The van der Waals surface area contributed by atoms with Gasteiger partial charge < -0.3 is 20.1 Å². The van der Waals surface area contributed by atoms with E-state index in [2.05, 4.69) is 33.1 Å². The summed E-state index contributed by atoms with van der Waals surface area (Å²) < 4.78 is 0. The lowest BCUT2D eigenvalue weighted by molar-refractivity contribution is 0.322. The van der Waals surface area contributed by atoms with Gasteiger partial charge in [0.05, 0.1) is 6.54 Å². The van der Waals surface area contributed by atoms with Crippen molar-refractivity contribution in [3.05, 3.63) is 45.7 Å². The number of hydrogen-bond donors (Lipinski definition) is 2. The molecule has 0 radical (unpaired) electrons. The molecule has 2 N–H and O–H groups in total. The van der Waals surface area contributed by atoms with Gasteiger partial charge in [-0.25, -0.2) is 0 Å². The largest absolute Gasteiger partial charge is 0.363 e. The Morgan fingerprint density at radius 3 is 2.69 bits per heavy atom.